The van der Waals surface area contributed by atoms with Gasteiger partial charge in [0, 0.05) is 12.3 Å². The lowest BCUT2D eigenvalue weighted by Crippen LogP contribution is -1.99. The van der Waals surface area contributed by atoms with E-state index in [1.54, 1.807) is 0 Å². The van der Waals surface area contributed by atoms with E-state index in [1.807, 2.05) is 26.0 Å². The van der Waals surface area contributed by atoms with Crippen LogP contribution in [-0.2, 0) is 4.79 Å². The molecule has 0 saturated heterocycles. The van der Waals surface area contributed by atoms with Gasteiger partial charge >= 0.3 is 0 Å². The maximum atomic E-state index is 10.4. The number of rotatable bonds is 4. The number of hydrogen-bond donors (Lipinski definition) is 0. The lowest BCUT2D eigenvalue weighted by atomic mass is 9.98. The second-order valence-electron chi connectivity index (χ2n) is 2.88. The molecule has 70 valence electrons. The zero-order chi connectivity index (χ0) is 9.98. The highest BCUT2D eigenvalue weighted by Gasteiger charge is 1.94. The van der Waals surface area contributed by atoms with Crippen molar-refractivity contribution in [2.75, 3.05) is 27.0 Å². The molecule has 12 heavy (non-hydrogen) atoms. The summed E-state index contributed by atoms with van der Waals surface area (Å²) in [6, 6.07) is 0. The number of carbonyl (C=O) groups excluding carboxylic acids is 1. The largest absolute Gasteiger partial charge is 0.312 e. The molecule has 0 heterocycles. The molecule has 0 atom stereocenters. The van der Waals surface area contributed by atoms with Gasteiger partial charge in [-0.3, -0.25) is 0 Å². The summed E-state index contributed by atoms with van der Waals surface area (Å²) in [6.45, 7) is 0. The molecule has 0 aliphatic heterocycles. The van der Waals surface area contributed by atoms with Gasteiger partial charge in [-0.15, -0.1) is 11.6 Å². The summed E-state index contributed by atoms with van der Waals surface area (Å²) in [5, 5.41) is 0. The normalized spacial score (nSPS) is 9.08. The van der Waals surface area contributed by atoms with E-state index in [9.17, 15) is 4.79 Å². The quantitative estimate of drug-likeness (QED) is 0.491. The minimum absolute atomic E-state index is 0.0886. The number of halogens is 1. The predicted molar refractivity (Wildman–Crippen MR) is 55.1 cm³/mol. The predicted octanol–water partition coefficient (Wildman–Crippen LogP) is 1.34. The molecule has 0 aromatic heterocycles. The second-order valence-corrected chi connectivity index (χ2v) is 3.25. The fourth-order valence-electron chi connectivity index (χ4n) is 0.366. The molecule has 0 aromatic carbocycles. The Hall–Kier alpha value is -0.0151. The summed E-state index contributed by atoms with van der Waals surface area (Å²) in [6.07, 6.45) is 1.43. The molecule has 2 nitrogen and oxygen atoms in total. The number of alkyl halides is 1. The first-order valence-electron chi connectivity index (χ1n) is 3.93. The van der Waals surface area contributed by atoms with Crippen molar-refractivity contribution in [2.45, 2.75) is 19.2 Å². The van der Waals surface area contributed by atoms with Gasteiger partial charge in [-0.05, 0) is 33.9 Å². The zero-order valence-electron chi connectivity index (χ0n) is 8.14. The number of nitrogens with zero attached hydrogens (tertiary/aromatic N) is 1. The SMILES string of the molecule is CN(C)C.[B]CC(=O)CCCCl. The topological polar surface area (TPSA) is 20.3 Å². The van der Waals surface area contributed by atoms with Gasteiger partial charge in [0.1, 0.15) is 5.78 Å². The van der Waals surface area contributed by atoms with E-state index < -0.39 is 0 Å². The van der Waals surface area contributed by atoms with Crippen LogP contribution in [0.15, 0.2) is 0 Å². The van der Waals surface area contributed by atoms with E-state index in [4.69, 9.17) is 19.4 Å². The molecule has 0 unspecified atom stereocenters. The Morgan fingerprint density at radius 2 is 1.83 bits per heavy atom. The van der Waals surface area contributed by atoms with Crippen molar-refractivity contribution in [3.8, 4) is 0 Å². The van der Waals surface area contributed by atoms with Gasteiger partial charge < -0.3 is 9.69 Å². The first kappa shape index (κ1) is 14.5. The highest BCUT2D eigenvalue weighted by atomic mass is 35.5. The third kappa shape index (κ3) is 22.5. The van der Waals surface area contributed by atoms with Gasteiger partial charge in [-0.1, -0.05) is 0 Å². The Morgan fingerprint density at radius 1 is 1.42 bits per heavy atom. The fourth-order valence-corrected chi connectivity index (χ4v) is 0.500. The molecule has 4 heteroatoms. The minimum Gasteiger partial charge on any atom is -0.312 e. The van der Waals surface area contributed by atoms with Crippen LogP contribution >= 0.6 is 11.6 Å². The molecule has 0 aliphatic rings. The molecular weight excluding hydrogens is 172 g/mol. The van der Waals surface area contributed by atoms with Crippen LogP contribution in [0.4, 0.5) is 0 Å². The molecular formula is C8H17BClNO. The highest BCUT2D eigenvalue weighted by Crippen LogP contribution is 1.94. The molecule has 2 radical (unpaired) electrons. The van der Waals surface area contributed by atoms with E-state index >= 15 is 0 Å². The summed E-state index contributed by atoms with van der Waals surface area (Å²) < 4.78 is 0. The number of carbonyl (C=O) groups is 1. The third-order valence-electron chi connectivity index (χ3n) is 0.817. The Kier molecular flexibility index (Phi) is 13.3. The van der Waals surface area contributed by atoms with E-state index in [-0.39, 0.29) is 12.1 Å². The first-order chi connectivity index (χ1) is 5.54. The summed E-state index contributed by atoms with van der Waals surface area (Å²) in [5.41, 5.74) is 0. The van der Waals surface area contributed by atoms with Crippen LogP contribution in [0, 0.1) is 0 Å². The average molecular weight is 189 g/mol. The van der Waals surface area contributed by atoms with E-state index in [1.165, 1.54) is 0 Å². The Bertz CT molecular complexity index is 106. The van der Waals surface area contributed by atoms with Gasteiger partial charge in [0.15, 0.2) is 0 Å². The first-order valence-corrected chi connectivity index (χ1v) is 4.46. The third-order valence-corrected chi connectivity index (χ3v) is 1.08. The van der Waals surface area contributed by atoms with Crippen LogP contribution in [-0.4, -0.2) is 45.6 Å². The van der Waals surface area contributed by atoms with Crippen LogP contribution in [0.25, 0.3) is 0 Å². The van der Waals surface area contributed by atoms with Crippen molar-refractivity contribution in [3.63, 3.8) is 0 Å². The summed E-state index contributed by atoms with van der Waals surface area (Å²) in [4.78, 5) is 12.4. The van der Waals surface area contributed by atoms with Crippen LogP contribution in [0.1, 0.15) is 12.8 Å². The van der Waals surface area contributed by atoms with Crippen molar-refractivity contribution in [3.05, 3.63) is 0 Å². The summed E-state index contributed by atoms with van der Waals surface area (Å²) in [7, 11) is 11.0. The van der Waals surface area contributed by atoms with Crippen LogP contribution < -0.4 is 0 Å². The smallest absolute Gasteiger partial charge is 0.124 e. The van der Waals surface area contributed by atoms with E-state index in [0.29, 0.717) is 12.3 Å². The van der Waals surface area contributed by atoms with Crippen molar-refractivity contribution in [2.24, 2.45) is 0 Å². The lowest BCUT2D eigenvalue weighted by molar-refractivity contribution is -0.116. The standard InChI is InChI=1S/C5H8BClO.C3H9N/c6-4-5(8)2-1-3-7;1-4(2)3/h1-4H2;1-3H3. The number of hydrogen-bond acceptors (Lipinski definition) is 2. The van der Waals surface area contributed by atoms with Gasteiger partial charge in [0.2, 0.25) is 0 Å². The summed E-state index contributed by atoms with van der Waals surface area (Å²) >= 11 is 5.31. The van der Waals surface area contributed by atoms with Crippen molar-refractivity contribution < 1.29 is 4.79 Å². The van der Waals surface area contributed by atoms with Crippen molar-refractivity contribution in [1.82, 2.24) is 4.90 Å². The average Bonchev–Trinajstić information content (AvgIpc) is 1.99. The van der Waals surface area contributed by atoms with Crippen LogP contribution in [0.3, 0.4) is 0 Å². The minimum atomic E-state index is 0.0886. The van der Waals surface area contributed by atoms with Crippen molar-refractivity contribution >= 4 is 25.2 Å². The Morgan fingerprint density at radius 3 is 2.08 bits per heavy atom. The zero-order valence-corrected chi connectivity index (χ0v) is 8.90. The number of Topliss-reactive ketones (excluding diaryl/α,β-unsaturated/α-hetero) is 1. The molecule has 0 fully saturated rings. The maximum absolute atomic E-state index is 10.4. The fraction of sp³-hybridized carbons (Fsp3) is 0.875. The lowest BCUT2D eigenvalue weighted by Gasteiger charge is -1.90. The molecule has 0 rings (SSSR count). The Labute approximate surface area is 81.7 Å². The number of ketones is 1. The van der Waals surface area contributed by atoms with Gasteiger partial charge in [-0.2, -0.15) is 0 Å². The highest BCUT2D eigenvalue weighted by molar-refractivity contribution is 6.20. The molecule has 0 amide bonds. The van der Waals surface area contributed by atoms with Gasteiger partial charge in [0.25, 0.3) is 0 Å². The van der Waals surface area contributed by atoms with E-state index in [0.717, 1.165) is 6.42 Å². The van der Waals surface area contributed by atoms with Crippen LogP contribution in [0.5, 0.6) is 0 Å². The maximum Gasteiger partial charge on any atom is 0.124 e. The second kappa shape index (κ2) is 11.0. The van der Waals surface area contributed by atoms with E-state index in [2.05, 4.69) is 0 Å². The molecule has 0 aliphatic carbocycles. The molecule has 0 spiro atoms. The Balaban J connectivity index is 0. The monoisotopic (exact) mass is 189 g/mol. The molecule has 0 N–H and O–H groups in total. The molecule has 0 saturated carbocycles. The van der Waals surface area contributed by atoms with Crippen LogP contribution in [0.2, 0.25) is 6.32 Å². The summed E-state index contributed by atoms with van der Waals surface area (Å²) in [5.74, 6) is 0.636. The van der Waals surface area contributed by atoms with Gasteiger partial charge in [-0.25, -0.2) is 0 Å². The molecule has 0 bridgehead atoms. The van der Waals surface area contributed by atoms with Gasteiger partial charge in [0.05, 0.1) is 7.85 Å². The van der Waals surface area contributed by atoms with Crippen molar-refractivity contribution in [1.29, 1.82) is 0 Å². The molecule has 0 aromatic rings.